The van der Waals surface area contributed by atoms with Crippen molar-refractivity contribution >= 4 is 42.6 Å². The molecule has 0 aliphatic rings. The highest BCUT2D eigenvalue weighted by molar-refractivity contribution is 7.49. The third-order valence-corrected chi connectivity index (χ3v) is 17.7. The van der Waals surface area contributed by atoms with Gasteiger partial charge in [-0.15, -0.1) is 0 Å². The molecule has 0 heterocycles. The Labute approximate surface area is 500 Å². The smallest absolute Gasteiger partial charge is 0.384 e. The van der Waals surface area contributed by atoms with Gasteiger partial charge in [0.1, 0.15) is 0 Å². The van der Waals surface area contributed by atoms with Crippen LogP contribution in [0.1, 0.15) is 66.8 Å². The second-order valence-electron chi connectivity index (χ2n) is 20.2. The summed E-state index contributed by atoms with van der Waals surface area (Å²) < 4.78 is 36.0. The van der Waals surface area contributed by atoms with Gasteiger partial charge < -0.3 is 13.6 Å². The minimum atomic E-state index is -4.91. The molecule has 0 atom stereocenters. The highest BCUT2D eigenvalue weighted by atomic mass is 35.5. The standard InChI is InChI=1S/C75H54Cl3O4P/c76-67-52-64(73(55-28-10-1-11-29-55,56-30-12-2-13-31-56)57-32-14-3-15-33-57)46-49-70(67)80-83(79,81-71-50-47-65(53-68(71)77)74(58-34-16-4-17-35-58,59-36-18-5-19-37-59)60-38-20-6-21-39-60)82-72-51-48-66(54-69(72)78)75(61-40-22-7-23-41-61,62-42-24-8-25-43-62)63-44-26-9-27-45-63/h1-54H. The lowest BCUT2D eigenvalue weighted by Gasteiger charge is -2.37. The van der Waals surface area contributed by atoms with Gasteiger partial charge in [-0.2, -0.15) is 4.57 Å². The van der Waals surface area contributed by atoms with Gasteiger partial charge in [-0.1, -0.05) is 326 Å². The zero-order chi connectivity index (χ0) is 56.7. The van der Waals surface area contributed by atoms with Gasteiger partial charge in [-0.25, -0.2) is 0 Å². The first-order chi connectivity index (χ1) is 40.7. The molecule has 0 saturated heterocycles. The molecular weight excluding hydrogens is 1100 g/mol. The Kier molecular flexibility index (Phi) is 15.8. The maximum atomic E-state index is 16.2. The van der Waals surface area contributed by atoms with Crippen LogP contribution in [-0.2, 0) is 20.8 Å². The van der Waals surface area contributed by atoms with E-state index in [1.807, 2.05) is 200 Å². The Morgan fingerprint density at radius 1 is 0.217 bits per heavy atom. The molecule has 0 bridgehead atoms. The third-order valence-electron chi connectivity index (χ3n) is 15.6. The lowest BCUT2D eigenvalue weighted by atomic mass is 9.65. The average molecular weight is 1160 g/mol. The number of phosphoric acid groups is 1. The molecule has 12 aromatic carbocycles. The highest BCUT2D eigenvalue weighted by Crippen LogP contribution is 2.57. The molecule has 12 aromatic rings. The molecule has 0 amide bonds. The first-order valence-electron chi connectivity index (χ1n) is 27.3. The van der Waals surface area contributed by atoms with Gasteiger partial charge in [0.05, 0.1) is 31.3 Å². The molecule has 0 spiro atoms. The van der Waals surface area contributed by atoms with Crippen molar-refractivity contribution in [3.63, 3.8) is 0 Å². The van der Waals surface area contributed by atoms with Crippen molar-refractivity contribution in [1.29, 1.82) is 0 Å². The summed E-state index contributed by atoms with van der Waals surface area (Å²) in [7, 11) is -4.91. The Morgan fingerprint density at radius 2 is 0.373 bits per heavy atom. The van der Waals surface area contributed by atoms with E-state index in [2.05, 4.69) is 109 Å². The molecule has 4 nitrogen and oxygen atoms in total. The average Bonchev–Trinajstić information content (AvgIpc) is 3.71. The van der Waals surface area contributed by atoms with E-state index >= 15 is 4.57 Å². The molecule has 12 rings (SSSR count). The lowest BCUT2D eigenvalue weighted by molar-refractivity contribution is 0.298. The lowest BCUT2D eigenvalue weighted by Crippen LogP contribution is -2.31. The fourth-order valence-electron chi connectivity index (χ4n) is 12.0. The number of hydrogen-bond donors (Lipinski definition) is 0. The van der Waals surface area contributed by atoms with Crippen LogP contribution in [0.25, 0.3) is 0 Å². The highest BCUT2D eigenvalue weighted by Gasteiger charge is 2.43. The number of hydrogen-bond acceptors (Lipinski definition) is 4. The zero-order valence-electron chi connectivity index (χ0n) is 44.9. The Bertz CT molecular complexity index is 3440. The van der Waals surface area contributed by atoms with E-state index in [-0.39, 0.29) is 32.3 Å². The third kappa shape index (κ3) is 10.3. The molecule has 0 fully saturated rings. The summed E-state index contributed by atoms with van der Waals surface area (Å²) in [6, 6.07) is 109. The Morgan fingerprint density at radius 3 is 0.518 bits per heavy atom. The summed E-state index contributed by atoms with van der Waals surface area (Å²) in [4.78, 5) is 0. The van der Waals surface area contributed by atoms with E-state index in [1.54, 1.807) is 18.2 Å². The second-order valence-corrected chi connectivity index (χ2v) is 22.9. The van der Waals surface area contributed by atoms with Crippen LogP contribution in [0.15, 0.2) is 328 Å². The maximum Gasteiger partial charge on any atom is 0.647 e. The molecule has 0 saturated carbocycles. The minimum absolute atomic E-state index is 0.0369. The van der Waals surface area contributed by atoms with Gasteiger partial charge in [-0.05, 0) is 103 Å². The number of phosphoric ester groups is 1. The van der Waals surface area contributed by atoms with Crippen LogP contribution >= 0.6 is 42.6 Å². The summed E-state index contributed by atoms with van der Waals surface area (Å²) in [5, 5.41) is 0.463. The summed E-state index contributed by atoms with van der Waals surface area (Å²) in [6.07, 6.45) is 0. The quantitative estimate of drug-likeness (QED) is 0.0634. The summed E-state index contributed by atoms with van der Waals surface area (Å²) in [6.45, 7) is 0. The van der Waals surface area contributed by atoms with Gasteiger partial charge in [-0.3, -0.25) is 0 Å². The van der Waals surface area contributed by atoms with Gasteiger partial charge in [0.25, 0.3) is 0 Å². The number of benzene rings is 12. The van der Waals surface area contributed by atoms with Gasteiger partial charge in [0.2, 0.25) is 0 Å². The normalized spacial score (nSPS) is 11.8. The first-order valence-corrected chi connectivity index (χ1v) is 29.9. The van der Waals surface area contributed by atoms with E-state index < -0.39 is 24.1 Å². The van der Waals surface area contributed by atoms with Crippen LogP contribution in [0.4, 0.5) is 0 Å². The van der Waals surface area contributed by atoms with Crippen LogP contribution in [0, 0.1) is 0 Å². The predicted molar refractivity (Wildman–Crippen MR) is 339 cm³/mol. The molecule has 83 heavy (non-hydrogen) atoms. The van der Waals surface area contributed by atoms with Gasteiger partial charge >= 0.3 is 7.82 Å². The van der Waals surface area contributed by atoms with Crippen molar-refractivity contribution in [1.82, 2.24) is 0 Å². The van der Waals surface area contributed by atoms with Crippen molar-refractivity contribution < 1.29 is 18.1 Å². The van der Waals surface area contributed by atoms with E-state index in [0.29, 0.717) is 0 Å². The largest absolute Gasteiger partial charge is 0.647 e. The SMILES string of the molecule is O=P(Oc1ccc(C(c2ccccc2)(c2ccccc2)c2ccccc2)cc1Cl)(Oc1ccc(C(c2ccccc2)(c2ccccc2)c2ccccc2)cc1Cl)Oc1ccc(C(c2ccccc2)(c2ccccc2)c2ccccc2)cc1Cl. The van der Waals surface area contributed by atoms with Crippen molar-refractivity contribution in [2.24, 2.45) is 0 Å². The van der Waals surface area contributed by atoms with Crippen molar-refractivity contribution in [3.8, 4) is 17.2 Å². The monoisotopic (exact) mass is 1150 g/mol. The van der Waals surface area contributed by atoms with E-state index in [0.717, 1.165) is 66.8 Å². The molecule has 0 aliphatic heterocycles. The Balaban J connectivity index is 1.000. The van der Waals surface area contributed by atoms with Crippen LogP contribution in [-0.4, -0.2) is 0 Å². The van der Waals surface area contributed by atoms with E-state index in [1.165, 1.54) is 0 Å². The molecule has 0 N–H and O–H groups in total. The Hall–Kier alpha value is -8.86. The molecule has 0 aliphatic carbocycles. The van der Waals surface area contributed by atoms with Gasteiger partial charge in [0, 0.05) is 0 Å². The summed E-state index contributed by atoms with van der Waals surface area (Å²) >= 11 is 22.4. The predicted octanol–water partition coefficient (Wildman–Crippen LogP) is 20.4. The molecule has 0 radical (unpaired) electrons. The second kappa shape index (κ2) is 23.9. The van der Waals surface area contributed by atoms with Gasteiger partial charge in [0.15, 0.2) is 17.2 Å². The molecule has 8 heteroatoms. The summed E-state index contributed by atoms with van der Waals surface area (Å²) in [5.41, 5.74) is 9.15. The van der Waals surface area contributed by atoms with Crippen LogP contribution < -0.4 is 13.6 Å². The van der Waals surface area contributed by atoms with Crippen molar-refractivity contribution in [3.05, 3.63) is 409 Å². The number of halogens is 3. The van der Waals surface area contributed by atoms with E-state index in [9.17, 15) is 0 Å². The van der Waals surface area contributed by atoms with E-state index in [4.69, 9.17) is 48.4 Å². The van der Waals surface area contributed by atoms with Crippen LogP contribution in [0.5, 0.6) is 17.2 Å². The fraction of sp³-hybridized carbons (Fsp3) is 0.0400. The van der Waals surface area contributed by atoms with Crippen molar-refractivity contribution in [2.45, 2.75) is 16.2 Å². The molecule has 404 valence electrons. The topological polar surface area (TPSA) is 44.8 Å². The van der Waals surface area contributed by atoms with Crippen LogP contribution in [0.3, 0.4) is 0 Å². The molecule has 0 unspecified atom stereocenters. The maximum absolute atomic E-state index is 16.2. The molecule has 0 aromatic heterocycles. The van der Waals surface area contributed by atoms with Crippen molar-refractivity contribution in [2.75, 3.05) is 0 Å². The molecular formula is C75H54Cl3O4P. The fourth-order valence-corrected chi connectivity index (χ4v) is 14.2. The summed E-state index contributed by atoms with van der Waals surface area (Å²) in [5.74, 6) is 0.111. The first kappa shape index (κ1) is 54.7. The van der Waals surface area contributed by atoms with Crippen LogP contribution in [0.2, 0.25) is 15.1 Å². The minimum Gasteiger partial charge on any atom is -0.384 e. The zero-order valence-corrected chi connectivity index (χ0v) is 48.1. The number of rotatable bonds is 18.